The van der Waals surface area contributed by atoms with Gasteiger partial charge in [0, 0.05) is 29.1 Å². The van der Waals surface area contributed by atoms with Crippen LogP contribution in [0.4, 0.5) is 30.4 Å². The quantitative estimate of drug-likeness (QED) is 0.408. The molecule has 0 aliphatic rings. The molecular weight excluding hydrogens is 433 g/mol. The maximum absolute atomic E-state index is 12.5. The zero-order valence-corrected chi connectivity index (χ0v) is 16.3. The molecule has 32 heavy (non-hydrogen) atoms. The number of halogens is 3. The molecule has 1 heterocycles. The van der Waals surface area contributed by atoms with Gasteiger partial charge in [-0.2, -0.15) is 0 Å². The third-order valence-electron chi connectivity index (χ3n) is 4.18. The number of nitrogens with two attached hydrogens (primary N) is 1. The van der Waals surface area contributed by atoms with Gasteiger partial charge >= 0.3 is 12.0 Å². The van der Waals surface area contributed by atoms with Crippen molar-refractivity contribution in [2.75, 3.05) is 11.1 Å². The van der Waals surface area contributed by atoms with Crippen molar-refractivity contribution in [2.24, 2.45) is 0 Å². The summed E-state index contributed by atoms with van der Waals surface area (Å²) in [5, 5.41) is 13.8. The Labute approximate surface area is 178 Å². The normalized spacial score (nSPS) is 11.0. The van der Waals surface area contributed by atoms with E-state index in [0.717, 1.165) is 12.1 Å². The first kappa shape index (κ1) is 22.3. The number of hydrogen-bond donors (Lipinski definition) is 2. The Morgan fingerprint density at radius 3 is 2.56 bits per heavy atom. The number of benzene rings is 2. The number of alkyl halides is 3. The van der Waals surface area contributed by atoms with Crippen LogP contribution < -0.4 is 20.5 Å². The van der Waals surface area contributed by atoms with E-state index in [-0.39, 0.29) is 28.6 Å². The number of nitrogens with one attached hydrogen (secondary N) is 1. The van der Waals surface area contributed by atoms with Crippen molar-refractivity contribution < 1.29 is 32.4 Å². The molecule has 3 aromatic rings. The highest BCUT2D eigenvalue weighted by molar-refractivity contribution is 6.05. The fourth-order valence-corrected chi connectivity index (χ4v) is 2.73. The van der Waals surface area contributed by atoms with Gasteiger partial charge in [0.15, 0.2) is 0 Å². The lowest BCUT2D eigenvalue weighted by molar-refractivity contribution is -0.384. The third-order valence-corrected chi connectivity index (χ3v) is 4.18. The molecule has 0 spiro atoms. The Morgan fingerprint density at radius 1 is 1.16 bits per heavy atom. The minimum absolute atomic E-state index is 0.0741. The molecule has 0 atom stereocenters. The van der Waals surface area contributed by atoms with E-state index < -0.39 is 28.6 Å². The number of aromatic nitrogens is 1. The maximum Gasteiger partial charge on any atom is 0.573 e. The topological polar surface area (TPSA) is 130 Å². The first-order chi connectivity index (χ1) is 15.0. The lowest BCUT2D eigenvalue weighted by Crippen LogP contribution is -2.18. The zero-order valence-electron chi connectivity index (χ0n) is 16.3. The number of anilines is 2. The van der Waals surface area contributed by atoms with E-state index >= 15 is 0 Å². The summed E-state index contributed by atoms with van der Waals surface area (Å²) in [6, 6.07) is 10.4. The van der Waals surface area contributed by atoms with Crippen LogP contribution in [-0.4, -0.2) is 22.2 Å². The number of carbonyl (C=O) groups excluding carboxylic acids is 1. The fraction of sp³-hybridized carbons (Fsp3) is 0.100. The van der Waals surface area contributed by atoms with Crippen LogP contribution in [0.1, 0.15) is 15.9 Å². The summed E-state index contributed by atoms with van der Waals surface area (Å²) in [4.78, 5) is 26.7. The van der Waals surface area contributed by atoms with Crippen molar-refractivity contribution in [3.63, 3.8) is 0 Å². The second-order valence-corrected chi connectivity index (χ2v) is 6.36. The molecule has 1 aromatic heterocycles. The molecule has 1 amide bonds. The number of rotatable bonds is 6. The zero-order chi connectivity index (χ0) is 23.5. The highest BCUT2D eigenvalue weighted by atomic mass is 19.4. The van der Waals surface area contributed by atoms with E-state index in [2.05, 4.69) is 15.0 Å². The number of ether oxygens (including phenoxy) is 2. The van der Waals surface area contributed by atoms with Gasteiger partial charge in [0.05, 0.1) is 4.92 Å². The number of hydrogen-bond acceptors (Lipinski definition) is 7. The van der Waals surface area contributed by atoms with Gasteiger partial charge in [-0.05, 0) is 37.3 Å². The number of nitro groups is 1. The van der Waals surface area contributed by atoms with E-state index in [4.69, 9.17) is 10.5 Å². The molecule has 0 unspecified atom stereocenters. The SMILES string of the molecule is Cc1c(NC(=O)c2cccc(OC(F)(F)F)c2)cccc1Oc1ccnc(N)c1[N+](=O)[O-]. The highest BCUT2D eigenvalue weighted by Gasteiger charge is 2.31. The smallest absolute Gasteiger partial charge is 0.450 e. The Balaban J connectivity index is 1.84. The van der Waals surface area contributed by atoms with E-state index in [1.54, 1.807) is 6.92 Å². The van der Waals surface area contributed by atoms with Gasteiger partial charge < -0.3 is 20.5 Å². The predicted octanol–water partition coefficient (Wildman–Crippen LogP) is 4.82. The van der Waals surface area contributed by atoms with Gasteiger partial charge in [0.25, 0.3) is 5.91 Å². The Kier molecular flexibility index (Phi) is 6.14. The molecule has 0 radical (unpaired) electrons. The number of nitrogens with zero attached hydrogens (tertiary/aromatic N) is 2. The van der Waals surface area contributed by atoms with Gasteiger partial charge in [0.2, 0.25) is 11.6 Å². The highest BCUT2D eigenvalue weighted by Crippen LogP contribution is 2.37. The van der Waals surface area contributed by atoms with E-state index in [0.29, 0.717) is 5.56 Å². The van der Waals surface area contributed by atoms with E-state index in [1.807, 2.05) is 0 Å². The monoisotopic (exact) mass is 448 g/mol. The summed E-state index contributed by atoms with van der Waals surface area (Å²) >= 11 is 0. The summed E-state index contributed by atoms with van der Waals surface area (Å²) in [5.41, 5.74) is 5.66. The first-order valence-electron chi connectivity index (χ1n) is 8.88. The summed E-state index contributed by atoms with van der Waals surface area (Å²) in [6.45, 7) is 1.59. The average Bonchev–Trinajstić information content (AvgIpc) is 2.69. The predicted molar refractivity (Wildman–Crippen MR) is 108 cm³/mol. The summed E-state index contributed by atoms with van der Waals surface area (Å²) in [6.07, 6.45) is -3.65. The Bertz CT molecular complexity index is 1180. The minimum Gasteiger partial charge on any atom is -0.450 e. The Morgan fingerprint density at radius 2 is 1.88 bits per heavy atom. The third kappa shape index (κ3) is 5.22. The van der Waals surface area contributed by atoms with Crippen LogP contribution in [0, 0.1) is 17.0 Å². The maximum atomic E-state index is 12.5. The van der Waals surface area contributed by atoms with Gasteiger partial charge in [0.1, 0.15) is 11.5 Å². The molecule has 0 saturated heterocycles. The molecule has 0 aliphatic carbocycles. The molecule has 3 rings (SSSR count). The first-order valence-corrected chi connectivity index (χ1v) is 8.88. The summed E-state index contributed by atoms with van der Waals surface area (Å²) in [5.74, 6) is -1.52. The lowest BCUT2D eigenvalue weighted by Gasteiger charge is -2.14. The van der Waals surface area contributed by atoms with Crippen LogP contribution in [0.25, 0.3) is 0 Å². The van der Waals surface area contributed by atoms with Crippen LogP contribution in [0.15, 0.2) is 54.7 Å². The second-order valence-electron chi connectivity index (χ2n) is 6.36. The average molecular weight is 448 g/mol. The molecule has 0 saturated carbocycles. The number of nitrogen functional groups attached to an aromatic ring is 1. The largest absolute Gasteiger partial charge is 0.573 e. The standard InChI is InChI=1S/C20H15F3N4O5/c1-11-14(26-19(28)12-4-2-5-13(10-12)32-20(21,22)23)6-3-7-15(11)31-16-8-9-25-18(24)17(16)27(29)30/h2-10H,1H3,(H2,24,25)(H,26,28). The van der Waals surface area contributed by atoms with Crippen molar-refractivity contribution in [1.82, 2.24) is 4.98 Å². The van der Waals surface area contributed by atoms with Crippen molar-refractivity contribution in [3.05, 3.63) is 76.0 Å². The molecule has 0 fully saturated rings. The van der Waals surface area contributed by atoms with Gasteiger partial charge in [-0.15, -0.1) is 13.2 Å². The molecule has 166 valence electrons. The van der Waals surface area contributed by atoms with E-state index in [1.165, 1.54) is 42.6 Å². The number of amides is 1. The molecule has 3 N–H and O–H groups in total. The molecular formula is C20H15F3N4O5. The van der Waals surface area contributed by atoms with Crippen LogP contribution in [-0.2, 0) is 0 Å². The van der Waals surface area contributed by atoms with Crippen molar-refractivity contribution in [2.45, 2.75) is 13.3 Å². The molecule has 2 aromatic carbocycles. The number of pyridine rings is 1. The summed E-state index contributed by atoms with van der Waals surface area (Å²) < 4.78 is 46.7. The van der Waals surface area contributed by atoms with Crippen molar-refractivity contribution >= 4 is 23.1 Å². The Hall–Kier alpha value is -4.35. The van der Waals surface area contributed by atoms with Crippen molar-refractivity contribution in [1.29, 1.82) is 0 Å². The molecule has 0 aliphatic heterocycles. The van der Waals surface area contributed by atoms with Crippen LogP contribution in [0.5, 0.6) is 17.2 Å². The van der Waals surface area contributed by atoms with Crippen LogP contribution in [0.3, 0.4) is 0 Å². The van der Waals surface area contributed by atoms with Crippen LogP contribution >= 0.6 is 0 Å². The number of carbonyl (C=O) groups is 1. The van der Waals surface area contributed by atoms with E-state index in [9.17, 15) is 28.1 Å². The molecule has 12 heteroatoms. The van der Waals surface area contributed by atoms with Gasteiger partial charge in [-0.25, -0.2) is 4.98 Å². The molecule has 9 nitrogen and oxygen atoms in total. The van der Waals surface area contributed by atoms with Crippen molar-refractivity contribution in [3.8, 4) is 17.2 Å². The van der Waals surface area contributed by atoms with Gasteiger partial charge in [-0.3, -0.25) is 14.9 Å². The lowest BCUT2D eigenvalue weighted by atomic mass is 10.1. The minimum atomic E-state index is -4.89. The summed E-state index contributed by atoms with van der Waals surface area (Å²) in [7, 11) is 0. The fourth-order valence-electron chi connectivity index (χ4n) is 2.73. The molecule has 0 bridgehead atoms. The van der Waals surface area contributed by atoms with Gasteiger partial charge in [-0.1, -0.05) is 12.1 Å². The van der Waals surface area contributed by atoms with Crippen LogP contribution in [0.2, 0.25) is 0 Å². The second kappa shape index (κ2) is 8.79.